The van der Waals surface area contributed by atoms with E-state index in [4.69, 9.17) is 5.73 Å². The van der Waals surface area contributed by atoms with Crippen LogP contribution in [-0.2, 0) is 0 Å². The third kappa shape index (κ3) is 4.46. The highest BCUT2D eigenvalue weighted by atomic mass is 32.2. The summed E-state index contributed by atoms with van der Waals surface area (Å²) in [6.45, 7) is 5.53. The molecular formula is C14H30N2S. The van der Waals surface area contributed by atoms with Gasteiger partial charge in [-0.3, -0.25) is 4.90 Å². The first kappa shape index (κ1) is 15.3. The smallest absolute Gasteiger partial charge is 0.0246 e. The van der Waals surface area contributed by atoms with Crippen molar-refractivity contribution in [3.8, 4) is 0 Å². The van der Waals surface area contributed by atoms with Crippen LogP contribution in [0.15, 0.2) is 0 Å². The topological polar surface area (TPSA) is 29.3 Å². The number of hydrogen-bond acceptors (Lipinski definition) is 3. The monoisotopic (exact) mass is 258 g/mol. The first-order chi connectivity index (χ1) is 8.10. The first-order valence-corrected chi connectivity index (χ1v) is 8.40. The van der Waals surface area contributed by atoms with Gasteiger partial charge in [-0.25, -0.2) is 0 Å². The average molecular weight is 258 g/mol. The summed E-state index contributed by atoms with van der Waals surface area (Å²) in [6, 6.07) is 1.22. The lowest BCUT2D eigenvalue weighted by Gasteiger charge is -2.40. The maximum absolute atomic E-state index is 6.04. The zero-order valence-electron chi connectivity index (χ0n) is 12.0. The summed E-state index contributed by atoms with van der Waals surface area (Å²) in [5.74, 6) is 2.92. The largest absolute Gasteiger partial charge is 0.329 e. The molecule has 2 N–H and O–H groups in total. The maximum atomic E-state index is 6.04. The molecule has 3 heteroatoms. The molecule has 1 fully saturated rings. The fourth-order valence-corrected chi connectivity index (χ4v) is 3.92. The quantitative estimate of drug-likeness (QED) is 0.794. The van der Waals surface area contributed by atoms with Crippen molar-refractivity contribution < 1.29 is 0 Å². The predicted molar refractivity (Wildman–Crippen MR) is 79.6 cm³/mol. The number of rotatable bonds is 6. The van der Waals surface area contributed by atoms with Crippen molar-refractivity contribution in [3.05, 3.63) is 0 Å². The van der Waals surface area contributed by atoms with Gasteiger partial charge < -0.3 is 5.73 Å². The summed E-state index contributed by atoms with van der Waals surface area (Å²) in [5, 5.41) is 0. The zero-order chi connectivity index (χ0) is 12.8. The van der Waals surface area contributed by atoms with Crippen LogP contribution in [0.3, 0.4) is 0 Å². The highest BCUT2D eigenvalue weighted by molar-refractivity contribution is 7.98. The molecule has 1 rings (SSSR count). The van der Waals surface area contributed by atoms with E-state index >= 15 is 0 Å². The average Bonchev–Trinajstić information content (AvgIpc) is 2.30. The molecule has 0 aromatic carbocycles. The van der Waals surface area contributed by atoms with Gasteiger partial charge in [-0.1, -0.05) is 19.8 Å². The lowest BCUT2D eigenvalue weighted by molar-refractivity contribution is 0.108. The SMILES string of the molecule is CSCC(C)N(C)C(CN)C1CCCC(C)C1. The van der Waals surface area contributed by atoms with Crippen LogP contribution in [0.4, 0.5) is 0 Å². The Bertz CT molecular complexity index is 210. The van der Waals surface area contributed by atoms with E-state index in [1.54, 1.807) is 0 Å². The van der Waals surface area contributed by atoms with Crippen molar-refractivity contribution in [3.63, 3.8) is 0 Å². The van der Waals surface area contributed by atoms with E-state index in [9.17, 15) is 0 Å². The van der Waals surface area contributed by atoms with Crippen LogP contribution in [0.2, 0.25) is 0 Å². The van der Waals surface area contributed by atoms with E-state index in [2.05, 4.69) is 32.1 Å². The van der Waals surface area contributed by atoms with Crippen molar-refractivity contribution in [2.24, 2.45) is 17.6 Å². The molecule has 17 heavy (non-hydrogen) atoms. The van der Waals surface area contributed by atoms with E-state index in [-0.39, 0.29) is 0 Å². The van der Waals surface area contributed by atoms with Crippen molar-refractivity contribution >= 4 is 11.8 Å². The molecule has 0 aromatic heterocycles. The lowest BCUT2D eigenvalue weighted by atomic mass is 9.78. The molecule has 0 amide bonds. The van der Waals surface area contributed by atoms with Gasteiger partial charge in [0.2, 0.25) is 0 Å². The standard InChI is InChI=1S/C14H30N2S/c1-11-6-5-7-13(8-11)14(9-15)16(3)12(2)10-17-4/h11-14H,5-10,15H2,1-4H3. The summed E-state index contributed by atoms with van der Waals surface area (Å²) >= 11 is 1.93. The van der Waals surface area contributed by atoms with Gasteiger partial charge in [-0.2, -0.15) is 11.8 Å². The van der Waals surface area contributed by atoms with Gasteiger partial charge in [-0.15, -0.1) is 0 Å². The molecule has 1 saturated carbocycles. The van der Waals surface area contributed by atoms with Gasteiger partial charge >= 0.3 is 0 Å². The predicted octanol–water partition coefficient (Wildman–Crippen LogP) is 2.82. The number of nitrogens with zero attached hydrogens (tertiary/aromatic N) is 1. The van der Waals surface area contributed by atoms with Crippen LogP contribution >= 0.6 is 11.8 Å². The Labute approximate surface area is 112 Å². The fraction of sp³-hybridized carbons (Fsp3) is 1.00. The van der Waals surface area contributed by atoms with Crippen LogP contribution in [0.25, 0.3) is 0 Å². The highest BCUT2D eigenvalue weighted by Gasteiger charge is 2.30. The molecule has 4 atom stereocenters. The molecule has 0 aromatic rings. The first-order valence-electron chi connectivity index (χ1n) is 7.01. The van der Waals surface area contributed by atoms with Gasteiger partial charge in [0.25, 0.3) is 0 Å². The summed E-state index contributed by atoms with van der Waals surface area (Å²) in [7, 11) is 2.26. The molecule has 0 radical (unpaired) electrons. The third-order valence-corrected chi connectivity index (χ3v) is 5.20. The minimum absolute atomic E-state index is 0.583. The van der Waals surface area contributed by atoms with Crippen LogP contribution in [0, 0.1) is 11.8 Å². The molecule has 102 valence electrons. The molecule has 2 nitrogen and oxygen atoms in total. The van der Waals surface area contributed by atoms with Crippen LogP contribution in [0.1, 0.15) is 39.5 Å². The molecule has 0 heterocycles. The molecule has 0 bridgehead atoms. The van der Waals surface area contributed by atoms with E-state index in [0.717, 1.165) is 18.4 Å². The Kier molecular flexibility index (Phi) is 6.90. The van der Waals surface area contributed by atoms with Gasteiger partial charge in [-0.05, 0) is 44.9 Å². The Morgan fingerprint density at radius 1 is 1.41 bits per heavy atom. The minimum atomic E-state index is 0.583. The molecule has 4 unspecified atom stereocenters. The molecule has 0 saturated heterocycles. The Hall–Kier alpha value is 0.270. The van der Waals surface area contributed by atoms with Gasteiger partial charge in [0.15, 0.2) is 0 Å². The number of likely N-dealkylation sites (N-methyl/N-ethyl adjacent to an activating group) is 1. The zero-order valence-corrected chi connectivity index (χ0v) is 12.8. The Balaban J connectivity index is 2.56. The van der Waals surface area contributed by atoms with Crippen LogP contribution < -0.4 is 5.73 Å². The van der Waals surface area contributed by atoms with Crippen LogP contribution in [-0.4, -0.2) is 42.6 Å². The van der Waals surface area contributed by atoms with Crippen molar-refractivity contribution in [1.82, 2.24) is 4.90 Å². The van der Waals surface area contributed by atoms with Crippen molar-refractivity contribution in [2.45, 2.75) is 51.6 Å². The number of nitrogens with two attached hydrogens (primary N) is 1. The van der Waals surface area contributed by atoms with Crippen LogP contribution in [0.5, 0.6) is 0 Å². The minimum Gasteiger partial charge on any atom is -0.329 e. The van der Waals surface area contributed by atoms with E-state index in [0.29, 0.717) is 12.1 Å². The van der Waals surface area contributed by atoms with Crippen molar-refractivity contribution in [1.29, 1.82) is 0 Å². The molecule has 1 aliphatic rings. The number of hydrogen-bond donors (Lipinski definition) is 1. The second kappa shape index (κ2) is 7.65. The third-order valence-electron chi connectivity index (χ3n) is 4.39. The fourth-order valence-electron chi connectivity index (χ4n) is 3.21. The molecule has 0 aliphatic heterocycles. The molecular weight excluding hydrogens is 228 g/mol. The maximum Gasteiger partial charge on any atom is 0.0246 e. The highest BCUT2D eigenvalue weighted by Crippen LogP contribution is 2.32. The lowest BCUT2D eigenvalue weighted by Crippen LogP contribution is -2.49. The summed E-state index contributed by atoms with van der Waals surface area (Å²) < 4.78 is 0. The van der Waals surface area contributed by atoms with E-state index < -0.39 is 0 Å². The Morgan fingerprint density at radius 2 is 2.12 bits per heavy atom. The van der Waals surface area contributed by atoms with E-state index in [1.165, 1.54) is 31.4 Å². The van der Waals surface area contributed by atoms with Crippen molar-refractivity contribution in [2.75, 3.05) is 25.6 Å². The second-order valence-electron chi connectivity index (χ2n) is 5.80. The normalized spacial score (nSPS) is 29.3. The molecule has 1 aliphatic carbocycles. The summed E-state index contributed by atoms with van der Waals surface area (Å²) in [5.41, 5.74) is 6.04. The summed E-state index contributed by atoms with van der Waals surface area (Å²) in [6.07, 6.45) is 7.75. The second-order valence-corrected chi connectivity index (χ2v) is 6.72. The van der Waals surface area contributed by atoms with E-state index in [1.807, 2.05) is 11.8 Å². The molecule has 0 spiro atoms. The van der Waals surface area contributed by atoms with Gasteiger partial charge in [0.1, 0.15) is 0 Å². The number of thioether (sulfide) groups is 1. The Morgan fingerprint density at radius 3 is 2.65 bits per heavy atom. The van der Waals surface area contributed by atoms with Gasteiger partial charge in [0.05, 0.1) is 0 Å². The summed E-state index contributed by atoms with van der Waals surface area (Å²) in [4.78, 5) is 2.53. The van der Waals surface area contributed by atoms with Gasteiger partial charge in [0, 0.05) is 24.4 Å².